The monoisotopic (exact) mass is 547 g/mol. The van der Waals surface area contributed by atoms with Crippen LogP contribution in [0.25, 0.3) is 11.1 Å². The van der Waals surface area contributed by atoms with Crippen molar-refractivity contribution in [2.75, 3.05) is 19.8 Å². The summed E-state index contributed by atoms with van der Waals surface area (Å²) >= 11 is 0. The van der Waals surface area contributed by atoms with Gasteiger partial charge >= 0.3 is 6.18 Å². The smallest absolute Gasteiger partial charge is 0.416 e. The second-order valence-electron chi connectivity index (χ2n) is 9.17. The summed E-state index contributed by atoms with van der Waals surface area (Å²) < 4.78 is 74.2. The van der Waals surface area contributed by atoms with Crippen molar-refractivity contribution in [2.45, 2.75) is 41.5 Å². The van der Waals surface area contributed by atoms with Crippen LogP contribution in [-0.4, -0.2) is 38.9 Å². The molecule has 2 N–H and O–H groups in total. The maximum Gasteiger partial charge on any atom is 0.416 e. The van der Waals surface area contributed by atoms with Gasteiger partial charge in [0.1, 0.15) is 5.75 Å². The molecule has 3 aromatic rings. The molecule has 4 rings (SSSR count). The molecule has 0 unspecified atom stereocenters. The SMILES string of the molecule is NC(=O)C1(S(=O)(=O)c2ccc(OCCCc3cccc(-c4ccc(C(F)(F)F)cc4)c3)cc2)CCOCC1. The molecule has 0 spiro atoms. The summed E-state index contributed by atoms with van der Waals surface area (Å²) in [6, 6.07) is 18.6. The summed E-state index contributed by atoms with van der Waals surface area (Å²) in [6.45, 7) is 0.673. The van der Waals surface area contributed by atoms with Crippen LogP contribution in [-0.2, 0) is 32.0 Å². The number of aryl methyl sites for hydroxylation is 1. The number of halogens is 3. The third-order valence-electron chi connectivity index (χ3n) is 6.75. The third-order valence-corrected chi connectivity index (χ3v) is 9.28. The van der Waals surface area contributed by atoms with Crippen molar-refractivity contribution >= 4 is 15.7 Å². The molecule has 1 aliphatic heterocycles. The molecule has 202 valence electrons. The Hall–Kier alpha value is -3.37. The van der Waals surface area contributed by atoms with Crippen molar-refractivity contribution in [3.05, 3.63) is 83.9 Å². The van der Waals surface area contributed by atoms with Crippen molar-refractivity contribution in [1.82, 2.24) is 0 Å². The van der Waals surface area contributed by atoms with E-state index in [0.29, 0.717) is 30.8 Å². The van der Waals surface area contributed by atoms with E-state index in [2.05, 4.69) is 0 Å². The Labute approximate surface area is 219 Å². The molecular weight excluding hydrogens is 519 g/mol. The molecule has 0 atom stereocenters. The minimum Gasteiger partial charge on any atom is -0.494 e. The van der Waals surface area contributed by atoms with Gasteiger partial charge in [-0.2, -0.15) is 13.2 Å². The number of hydrogen-bond donors (Lipinski definition) is 1. The van der Waals surface area contributed by atoms with Crippen molar-refractivity contribution < 1.29 is 35.9 Å². The van der Waals surface area contributed by atoms with Crippen LogP contribution in [0.3, 0.4) is 0 Å². The van der Waals surface area contributed by atoms with Gasteiger partial charge in [0.25, 0.3) is 0 Å². The molecule has 3 aromatic carbocycles. The number of alkyl halides is 3. The highest BCUT2D eigenvalue weighted by atomic mass is 32.2. The lowest BCUT2D eigenvalue weighted by molar-refractivity contribution is -0.137. The van der Waals surface area contributed by atoms with Gasteiger partial charge in [0, 0.05) is 13.2 Å². The number of sulfone groups is 1. The zero-order chi connectivity index (χ0) is 27.4. The zero-order valence-electron chi connectivity index (χ0n) is 20.5. The Morgan fingerprint density at radius 1 is 0.947 bits per heavy atom. The summed E-state index contributed by atoms with van der Waals surface area (Å²) in [5.41, 5.74) is 7.36. The number of carbonyl (C=O) groups excluding carboxylic acids is 1. The topological polar surface area (TPSA) is 95.7 Å². The molecule has 0 radical (unpaired) electrons. The van der Waals surface area contributed by atoms with Gasteiger partial charge in [-0.25, -0.2) is 8.42 Å². The zero-order valence-corrected chi connectivity index (χ0v) is 21.4. The van der Waals surface area contributed by atoms with Gasteiger partial charge in [-0.05, 0) is 78.8 Å². The van der Waals surface area contributed by atoms with Crippen LogP contribution in [0, 0.1) is 0 Å². The van der Waals surface area contributed by atoms with Gasteiger partial charge in [0.2, 0.25) is 5.91 Å². The highest BCUT2D eigenvalue weighted by Gasteiger charge is 2.51. The molecule has 1 heterocycles. The first-order valence-electron chi connectivity index (χ1n) is 12.1. The highest BCUT2D eigenvalue weighted by molar-refractivity contribution is 7.93. The molecule has 10 heteroatoms. The first-order chi connectivity index (χ1) is 18.0. The van der Waals surface area contributed by atoms with Crippen LogP contribution in [0.15, 0.2) is 77.7 Å². The first-order valence-corrected chi connectivity index (χ1v) is 13.6. The van der Waals surface area contributed by atoms with E-state index in [9.17, 15) is 26.4 Å². The molecule has 6 nitrogen and oxygen atoms in total. The van der Waals surface area contributed by atoms with Crippen LogP contribution in [0.5, 0.6) is 5.75 Å². The highest BCUT2D eigenvalue weighted by Crippen LogP contribution is 2.35. The normalized spacial score (nSPS) is 15.7. The van der Waals surface area contributed by atoms with Gasteiger partial charge < -0.3 is 15.2 Å². The molecule has 0 aromatic heterocycles. The number of hydrogen-bond acceptors (Lipinski definition) is 5. The molecular formula is C28H28F3NO5S. The van der Waals surface area contributed by atoms with Crippen molar-refractivity contribution in [3.63, 3.8) is 0 Å². The fourth-order valence-electron chi connectivity index (χ4n) is 4.51. The molecule has 38 heavy (non-hydrogen) atoms. The molecule has 1 saturated heterocycles. The summed E-state index contributed by atoms with van der Waals surface area (Å²) in [7, 11) is -4.00. The first kappa shape index (κ1) is 27.7. The lowest BCUT2D eigenvalue weighted by atomic mass is 9.98. The summed E-state index contributed by atoms with van der Waals surface area (Å²) in [5, 5.41) is 0. The molecule has 1 fully saturated rings. The van der Waals surface area contributed by atoms with Crippen LogP contribution >= 0.6 is 0 Å². The van der Waals surface area contributed by atoms with E-state index in [1.54, 1.807) is 12.1 Å². The number of carbonyl (C=O) groups is 1. The average Bonchev–Trinajstić information content (AvgIpc) is 2.91. The van der Waals surface area contributed by atoms with Gasteiger partial charge in [-0.3, -0.25) is 4.79 Å². The van der Waals surface area contributed by atoms with E-state index in [1.807, 2.05) is 24.3 Å². The number of nitrogens with two attached hydrogens (primary N) is 1. The Balaban J connectivity index is 1.33. The lowest BCUT2D eigenvalue weighted by Gasteiger charge is -2.33. The Morgan fingerprint density at radius 3 is 2.21 bits per heavy atom. The van der Waals surface area contributed by atoms with Gasteiger partial charge in [-0.15, -0.1) is 0 Å². The number of rotatable bonds is 9. The van der Waals surface area contributed by atoms with E-state index < -0.39 is 32.2 Å². The summed E-state index contributed by atoms with van der Waals surface area (Å²) in [6.07, 6.45) is -2.98. The lowest BCUT2D eigenvalue weighted by Crippen LogP contribution is -2.53. The van der Waals surface area contributed by atoms with Crippen LogP contribution in [0.1, 0.15) is 30.4 Å². The minimum atomic E-state index is -4.37. The Bertz CT molecular complexity index is 1360. The molecule has 0 aliphatic carbocycles. The largest absolute Gasteiger partial charge is 0.494 e. The molecule has 0 saturated carbocycles. The van der Waals surface area contributed by atoms with Crippen molar-refractivity contribution in [1.29, 1.82) is 0 Å². The molecule has 1 aliphatic rings. The summed E-state index contributed by atoms with van der Waals surface area (Å²) in [4.78, 5) is 12.1. The quantitative estimate of drug-likeness (QED) is 0.372. The second kappa shape index (κ2) is 11.2. The van der Waals surface area contributed by atoms with E-state index in [4.69, 9.17) is 15.2 Å². The van der Waals surface area contributed by atoms with Gasteiger partial charge in [0.15, 0.2) is 14.6 Å². The predicted octanol–water partition coefficient (Wildman–Crippen LogP) is 5.19. The second-order valence-corrected chi connectivity index (χ2v) is 11.4. The number of amides is 1. The number of benzene rings is 3. The molecule has 0 bridgehead atoms. The van der Waals surface area contributed by atoms with Gasteiger partial charge in [0.05, 0.1) is 17.1 Å². The van der Waals surface area contributed by atoms with E-state index in [-0.39, 0.29) is 31.0 Å². The Morgan fingerprint density at radius 2 is 1.61 bits per heavy atom. The molecule has 1 amide bonds. The van der Waals surface area contributed by atoms with Crippen LogP contribution in [0.4, 0.5) is 13.2 Å². The summed E-state index contributed by atoms with van der Waals surface area (Å²) in [5.74, 6) is -0.383. The maximum atomic E-state index is 13.2. The fourth-order valence-corrected chi connectivity index (χ4v) is 6.43. The fraction of sp³-hybridized carbons (Fsp3) is 0.321. The van der Waals surface area contributed by atoms with E-state index >= 15 is 0 Å². The average molecular weight is 548 g/mol. The standard InChI is InChI=1S/C28H28F3NO5S/c29-28(30,31)23-8-6-21(7-9-23)22-5-1-3-20(19-22)4-2-16-37-24-10-12-25(13-11-24)38(34,35)27(26(32)33)14-17-36-18-15-27/h1,3,5-13,19H,2,4,14-18H2,(H2,32,33). The van der Waals surface area contributed by atoms with Gasteiger partial charge in [-0.1, -0.05) is 36.4 Å². The Kier molecular flexibility index (Phi) is 8.13. The van der Waals surface area contributed by atoms with Crippen molar-refractivity contribution in [2.24, 2.45) is 5.73 Å². The van der Waals surface area contributed by atoms with Crippen LogP contribution < -0.4 is 10.5 Å². The van der Waals surface area contributed by atoms with E-state index in [1.165, 1.54) is 24.3 Å². The van der Waals surface area contributed by atoms with E-state index in [0.717, 1.165) is 23.3 Å². The number of primary amides is 1. The van der Waals surface area contributed by atoms with Crippen LogP contribution in [0.2, 0.25) is 0 Å². The maximum absolute atomic E-state index is 13.2. The minimum absolute atomic E-state index is 0.00521. The number of ether oxygens (including phenoxy) is 2. The third kappa shape index (κ3) is 5.86. The van der Waals surface area contributed by atoms with Crippen molar-refractivity contribution in [3.8, 4) is 16.9 Å². The predicted molar refractivity (Wildman–Crippen MR) is 136 cm³/mol.